The summed E-state index contributed by atoms with van der Waals surface area (Å²) in [5.41, 5.74) is 8.23. The van der Waals surface area contributed by atoms with E-state index in [1.165, 1.54) is 19.3 Å². The van der Waals surface area contributed by atoms with Gasteiger partial charge in [-0.05, 0) is 37.3 Å². The molecule has 1 atom stereocenters. The molecule has 1 aromatic heterocycles. The average molecular weight is 287 g/mol. The zero-order valence-corrected chi connectivity index (χ0v) is 13.0. The van der Waals surface area contributed by atoms with Crippen molar-refractivity contribution in [2.24, 2.45) is 5.92 Å². The zero-order valence-electron chi connectivity index (χ0n) is 13.0. The molecule has 1 fully saturated rings. The highest BCUT2D eigenvalue weighted by atomic mass is 16.5. The van der Waals surface area contributed by atoms with Crippen molar-refractivity contribution >= 4 is 17.0 Å². The number of hydrogen-bond acceptors (Lipinski definition) is 3. The molecule has 0 saturated heterocycles. The van der Waals surface area contributed by atoms with Gasteiger partial charge >= 0.3 is 0 Å². The van der Waals surface area contributed by atoms with Crippen molar-refractivity contribution in [1.29, 1.82) is 0 Å². The van der Waals surface area contributed by atoms with Crippen molar-refractivity contribution in [2.45, 2.75) is 52.0 Å². The number of nitrogens with zero attached hydrogens (tertiary/aromatic N) is 2. The number of nitrogens with two attached hydrogens (primary N) is 1. The number of fused-ring (bicyclic) bond motifs is 1. The van der Waals surface area contributed by atoms with E-state index in [0.29, 0.717) is 18.6 Å². The van der Waals surface area contributed by atoms with Crippen LogP contribution in [0, 0.1) is 5.92 Å². The summed E-state index contributed by atoms with van der Waals surface area (Å²) in [4.78, 5) is 4.58. The molecule has 21 heavy (non-hydrogen) atoms. The molecule has 4 nitrogen and oxygen atoms in total. The van der Waals surface area contributed by atoms with E-state index in [2.05, 4.69) is 29.5 Å². The molecule has 1 saturated carbocycles. The minimum absolute atomic E-state index is 0.448. The third-order valence-electron chi connectivity index (χ3n) is 4.31. The predicted octanol–water partition coefficient (Wildman–Crippen LogP) is 4.16. The SMILES string of the molecule is CCCOc1cccc2c1nc(N)n2C(CC)CC1CC1. The van der Waals surface area contributed by atoms with Crippen LogP contribution < -0.4 is 10.5 Å². The van der Waals surface area contributed by atoms with Gasteiger partial charge in [-0.3, -0.25) is 0 Å². The predicted molar refractivity (Wildman–Crippen MR) is 86.6 cm³/mol. The van der Waals surface area contributed by atoms with Gasteiger partial charge in [-0.15, -0.1) is 0 Å². The summed E-state index contributed by atoms with van der Waals surface area (Å²) >= 11 is 0. The van der Waals surface area contributed by atoms with Gasteiger partial charge in [0.25, 0.3) is 0 Å². The molecule has 114 valence electrons. The van der Waals surface area contributed by atoms with Crippen LogP contribution >= 0.6 is 0 Å². The number of ether oxygens (including phenoxy) is 1. The molecular formula is C17H25N3O. The van der Waals surface area contributed by atoms with Crippen molar-refractivity contribution in [2.75, 3.05) is 12.3 Å². The Balaban J connectivity index is 1.99. The molecule has 0 amide bonds. The first-order valence-electron chi connectivity index (χ1n) is 8.13. The molecule has 3 rings (SSSR count). The number of benzene rings is 1. The lowest BCUT2D eigenvalue weighted by Gasteiger charge is -2.19. The molecule has 2 N–H and O–H groups in total. The molecule has 0 aliphatic heterocycles. The van der Waals surface area contributed by atoms with Gasteiger partial charge in [0, 0.05) is 6.04 Å². The lowest BCUT2D eigenvalue weighted by Crippen LogP contribution is -2.12. The summed E-state index contributed by atoms with van der Waals surface area (Å²) in [5.74, 6) is 2.34. The molecular weight excluding hydrogens is 262 g/mol. The fraction of sp³-hybridized carbons (Fsp3) is 0.588. The summed E-state index contributed by atoms with van der Waals surface area (Å²) in [6, 6.07) is 6.57. The van der Waals surface area contributed by atoms with Crippen LogP contribution in [0.5, 0.6) is 5.75 Å². The third kappa shape index (κ3) is 2.85. The number of anilines is 1. The summed E-state index contributed by atoms with van der Waals surface area (Å²) in [7, 11) is 0. The van der Waals surface area contributed by atoms with E-state index in [9.17, 15) is 0 Å². The first-order valence-corrected chi connectivity index (χ1v) is 8.13. The van der Waals surface area contributed by atoms with E-state index < -0.39 is 0 Å². The molecule has 4 heteroatoms. The molecule has 1 unspecified atom stereocenters. The fourth-order valence-electron chi connectivity index (χ4n) is 3.01. The Hall–Kier alpha value is -1.71. The maximum atomic E-state index is 6.22. The topological polar surface area (TPSA) is 53.1 Å². The number of nitrogen functional groups attached to an aromatic ring is 1. The fourth-order valence-corrected chi connectivity index (χ4v) is 3.01. The van der Waals surface area contributed by atoms with E-state index in [1.807, 2.05) is 12.1 Å². The van der Waals surface area contributed by atoms with Crippen molar-refractivity contribution in [3.63, 3.8) is 0 Å². The monoisotopic (exact) mass is 287 g/mol. The molecule has 0 radical (unpaired) electrons. The Kier molecular flexibility index (Phi) is 4.04. The zero-order chi connectivity index (χ0) is 14.8. The maximum absolute atomic E-state index is 6.22. The Labute approximate surface area is 126 Å². The highest BCUT2D eigenvalue weighted by molar-refractivity contribution is 5.84. The van der Waals surface area contributed by atoms with Gasteiger partial charge < -0.3 is 15.0 Å². The molecule has 1 aliphatic carbocycles. The van der Waals surface area contributed by atoms with Gasteiger partial charge in [-0.2, -0.15) is 0 Å². The smallest absolute Gasteiger partial charge is 0.201 e. The number of rotatable bonds is 7. The second-order valence-corrected chi connectivity index (χ2v) is 6.05. The van der Waals surface area contributed by atoms with E-state index in [-0.39, 0.29) is 0 Å². The van der Waals surface area contributed by atoms with Crippen molar-refractivity contribution in [3.8, 4) is 5.75 Å². The number of imidazole rings is 1. The van der Waals surface area contributed by atoms with Gasteiger partial charge in [-0.25, -0.2) is 4.98 Å². The van der Waals surface area contributed by atoms with Crippen LogP contribution in [0.15, 0.2) is 18.2 Å². The van der Waals surface area contributed by atoms with Crippen molar-refractivity contribution < 1.29 is 4.74 Å². The average Bonchev–Trinajstić information content (AvgIpc) is 3.24. The largest absolute Gasteiger partial charge is 0.491 e. The highest BCUT2D eigenvalue weighted by Gasteiger charge is 2.27. The standard InChI is InChI=1S/C17H25N3O/c1-3-10-21-15-7-5-6-14-16(15)19-17(18)20(14)13(4-2)11-12-8-9-12/h5-7,12-13H,3-4,8-11H2,1-2H3,(H2,18,19). The maximum Gasteiger partial charge on any atom is 0.201 e. The van der Waals surface area contributed by atoms with Crippen LogP contribution in [0.2, 0.25) is 0 Å². The molecule has 1 aromatic carbocycles. The van der Waals surface area contributed by atoms with Crippen LogP contribution in [0.25, 0.3) is 11.0 Å². The minimum atomic E-state index is 0.448. The van der Waals surface area contributed by atoms with Crippen molar-refractivity contribution in [3.05, 3.63) is 18.2 Å². The summed E-state index contributed by atoms with van der Waals surface area (Å²) in [6.07, 6.45) is 6.03. The first kappa shape index (κ1) is 14.2. The lowest BCUT2D eigenvalue weighted by molar-refractivity contribution is 0.320. The van der Waals surface area contributed by atoms with Gasteiger partial charge in [0.2, 0.25) is 5.95 Å². The van der Waals surface area contributed by atoms with Gasteiger partial charge in [-0.1, -0.05) is 32.8 Å². The first-order chi connectivity index (χ1) is 10.2. The van der Waals surface area contributed by atoms with Crippen LogP contribution in [-0.2, 0) is 0 Å². The van der Waals surface area contributed by atoms with Crippen LogP contribution in [0.1, 0.15) is 52.0 Å². The minimum Gasteiger partial charge on any atom is -0.491 e. The Morgan fingerprint density at radius 3 is 2.86 bits per heavy atom. The van der Waals surface area contributed by atoms with Crippen LogP contribution in [0.3, 0.4) is 0 Å². The Morgan fingerprint density at radius 2 is 2.19 bits per heavy atom. The van der Waals surface area contributed by atoms with Crippen LogP contribution in [-0.4, -0.2) is 16.2 Å². The van der Waals surface area contributed by atoms with Crippen LogP contribution in [0.4, 0.5) is 5.95 Å². The number of para-hydroxylation sites is 1. The quantitative estimate of drug-likeness (QED) is 0.832. The van der Waals surface area contributed by atoms with E-state index in [1.54, 1.807) is 0 Å². The number of aromatic nitrogens is 2. The van der Waals surface area contributed by atoms with Crippen molar-refractivity contribution in [1.82, 2.24) is 9.55 Å². The second kappa shape index (κ2) is 5.96. The van der Waals surface area contributed by atoms with Gasteiger partial charge in [0.05, 0.1) is 12.1 Å². The third-order valence-corrected chi connectivity index (χ3v) is 4.31. The summed E-state index contributed by atoms with van der Waals surface area (Å²) in [6.45, 7) is 5.05. The van der Waals surface area contributed by atoms with Gasteiger partial charge in [0.1, 0.15) is 11.3 Å². The second-order valence-electron chi connectivity index (χ2n) is 6.05. The van der Waals surface area contributed by atoms with Gasteiger partial charge in [0.15, 0.2) is 0 Å². The molecule has 0 spiro atoms. The lowest BCUT2D eigenvalue weighted by atomic mass is 10.1. The molecule has 2 aromatic rings. The highest BCUT2D eigenvalue weighted by Crippen LogP contribution is 2.40. The number of hydrogen-bond donors (Lipinski definition) is 1. The molecule has 1 aliphatic rings. The molecule has 1 heterocycles. The molecule has 0 bridgehead atoms. The van der Waals surface area contributed by atoms with E-state index >= 15 is 0 Å². The van der Waals surface area contributed by atoms with E-state index in [0.717, 1.165) is 35.5 Å². The Bertz CT molecular complexity index is 616. The summed E-state index contributed by atoms with van der Waals surface area (Å²) in [5, 5.41) is 0. The normalized spacial score (nSPS) is 16.3. The summed E-state index contributed by atoms with van der Waals surface area (Å²) < 4.78 is 8.03. The van der Waals surface area contributed by atoms with E-state index in [4.69, 9.17) is 10.5 Å². The Morgan fingerprint density at radius 1 is 1.38 bits per heavy atom.